The number of hydrogen-bond donors (Lipinski definition) is 2. The van der Waals surface area contributed by atoms with E-state index in [2.05, 4.69) is 35.8 Å². The Balaban J connectivity index is 5.34. The van der Waals surface area contributed by atoms with Crippen LogP contribution in [0.25, 0.3) is 0 Å². The number of carbonyl (C=O) groups excluding carboxylic acids is 1. The van der Waals surface area contributed by atoms with E-state index >= 15 is 0 Å². The predicted molar refractivity (Wildman–Crippen MR) is 108 cm³/mol. The van der Waals surface area contributed by atoms with Crippen LogP contribution in [0.1, 0.15) is 34.1 Å². The third-order valence-corrected chi connectivity index (χ3v) is 3.48. The summed E-state index contributed by atoms with van der Waals surface area (Å²) in [5.74, 6) is 0.126. The lowest BCUT2D eigenvalue weighted by Gasteiger charge is -2.21. The Morgan fingerprint density at radius 3 is 2.40 bits per heavy atom. The normalized spacial score (nSPS) is 15.1. The highest BCUT2D eigenvalue weighted by Crippen LogP contribution is 2.14. The minimum atomic E-state index is -0.186. The van der Waals surface area contributed by atoms with Gasteiger partial charge in [-0.15, -0.1) is 0 Å². The van der Waals surface area contributed by atoms with Crippen molar-refractivity contribution in [2.75, 3.05) is 7.05 Å². The fraction of sp³-hybridized carbons (Fsp3) is 0.400. The second kappa shape index (κ2) is 12.8. The SMILES string of the molecule is C=C/C(=N\N(C=C)C(/C=C\C)=C/C=C\C)C(C)CC(C)NC(=O)NC. The molecule has 5 heteroatoms. The number of hydrogen-bond acceptors (Lipinski definition) is 3. The van der Waals surface area contributed by atoms with Crippen molar-refractivity contribution in [1.82, 2.24) is 15.6 Å². The first-order valence-corrected chi connectivity index (χ1v) is 8.50. The number of hydrazone groups is 1. The second-order valence-electron chi connectivity index (χ2n) is 5.63. The molecular formula is C20H32N4O. The number of urea groups is 1. The summed E-state index contributed by atoms with van der Waals surface area (Å²) >= 11 is 0. The molecule has 0 heterocycles. The van der Waals surface area contributed by atoms with Crippen LogP contribution in [-0.2, 0) is 0 Å². The highest BCUT2D eigenvalue weighted by atomic mass is 16.2. The highest BCUT2D eigenvalue weighted by molar-refractivity contribution is 5.96. The molecule has 2 unspecified atom stereocenters. The van der Waals surface area contributed by atoms with E-state index in [0.717, 1.165) is 17.8 Å². The molecule has 0 fully saturated rings. The quantitative estimate of drug-likeness (QED) is 0.351. The molecule has 0 bridgehead atoms. The molecule has 0 saturated carbocycles. The van der Waals surface area contributed by atoms with Crippen LogP contribution in [0.15, 0.2) is 66.6 Å². The molecule has 2 atom stereocenters. The molecule has 0 aromatic carbocycles. The monoisotopic (exact) mass is 344 g/mol. The van der Waals surface area contributed by atoms with Crippen molar-refractivity contribution in [3.63, 3.8) is 0 Å². The Morgan fingerprint density at radius 1 is 1.24 bits per heavy atom. The lowest BCUT2D eigenvalue weighted by molar-refractivity contribution is 0.238. The van der Waals surface area contributed by atoms with Crippen LogP contribution in [0.2, 0.25) is 0 Å². The van der Waals surface area contributed by atoms with E-state index in [0.29, 0.717) is 0 Å². The molecule has 0 aromatic rings. The van der Waals surface area contributed by atoms with Gasteiger partial charge in [0.25, 0.3) is 0 Å². The van der Waals surface area contributed by atoms with Gasteiger partial charge in [-0.05, 0) is 45.4 Å². The Kier molecular flexibility index (Phi) is 11.5. The molecule has 2 amide bonds. The predicted octanol–water partition coefficient (Wildman–Crippen LogP) is 4.35. The summed E-state index contributed by atoms with van der Waals surface area (Å²) in [5, 5.41) is 11.8. The van der Waals surface area contributed by atoms with Crippen LogP contribution >= 0.6 is 0 Å². The summed E-state index contributed by atoms with van der Waals surface area (Å²) in [6.45, 7) is 15.7. The van der Waals surface area contributed by atoms with E-state index in [9.17, 15) is 4.79 Å². The molecule has 25 heavy (non-hydrogen) atoms. The molecule has 2 N–H and O–H groups in total. The van der Waals surface area contributed by atoms with Crippen LogP contribution < -0.4 is 10.6 Å². The topological polar surface area (TPSA) is 56.7 Å². The molecule has 0 saturated heterocycles. The molecule has 138 valence electrons. The standard InChI is InChI=1S/C20H32N4O/c1-8-12-14-18(13-9-2)24(11-4)23-19(10-3)16(5)15-17(6)22-20(25)21-7/h8-14,16-17H,3-4,15H2,1-2,5-7H3,(H2,21,22,25)/b12-8-,13-9-,18-14+,23-19+. The van der Waals surface area contributed by atoms with Crippen molar-refractivity contribution in [2.45, 2.75) is 40.2 Å². The first kappa shape index (κ1) is 22.4. The fourth-order valence-electron chi connectivity index (χ4n) is 2.25. The first-order chi connectivity index (χ1) is 11.9. The largest absolute Gasteiger partial charge is 0.341 e. The van der Waals surface area contributed by atoms with Crippen LogP contribution in [0.5, 0.6) is 0 Å². The Hall–Kier alpha value is -2.56. The van der Waals surface area contributed by atoms with Crippen molar-refractivity contribution in [3.8, 4) is 0 Å². The average molecular weight is 345 g/mol. The zero-order valence-electron chi connectivity index (χ0n) is 16.1. The maximum absolute atomic E-state index is 11.4. The third kappa shape index (κ3) is 8.74. The number of nitrogens with zero attached hydrogens (tertiary/aromatic N) is 2. The van der Waals surface area contributed by atoms with Gasteiger partial charge in [-0.3, -0.25) is 0 Å². The van der Waals surface area contributed by atoms with Crippen LogP contribution in [0.4, 0.5) is 4.79 Å². The van der Waals surface area contributed by atoms with E-state index in [1.165, 1.54) is 0 Å². The molecule has 0 radical (unpaired) electrons. The maximum atomic E-state index is 11.4. The zero-order chi connectivity index (χ0) is 19.2. The maximum Gasteiger partial charge on any atom is 0.314 e. The minimum Gasteiger partial charge on any atom is -0.341 e. The fourth-order valence-corrected chi connectivity index (χ4v) is 2.25. The van der Waals surface area contributed by atoms with E-state index in [-0.39, 0.29) is 18.0 Å². The molecule has 0 aliphatic carbocycles. The molecule has 0 spiro atoms. The molecule has 0 aliphatic rings. The van der Waals surface area contributed by atoms with Gasteiger partial charge in [-0.2, -0.15) is 5.10 Å². The van der Waals surface area contributed by atoms with Crippen LogP contribution in [-0.4, -0.2) is 29.8 Å². The van der Waals surface area contributed by atoms with Gasteiger partial charge < -0.3 is 10.6 Å². The summed E-state index contributed by atoms with van der Waals surface area (Å²) < 4.78 is 0. The number of rotatable bonds is 10. The Morgan fingerprint density at radius 2 is 1.92 bits per heavy atom. The summed E-state index contributed by atoms with van der Waals surface area (Å²) in [5.41, 5.74) is 1.74. The smallest absolute Gasteiger partial charge is 0.314 e. The van der Waals surface area contributed by atoms with Gasteiger partial charge in [0, 0.05) is 25.2 Å². The molecule has 0 aromatic heterocycles. The van der Waals surface area contributed by atoms with Gasteiger partial charge in [0.1, 0.15) is 0 Å². The molecular weight excluding hydrogens is 312 g/mol. The van der Waals surface area contributed by atoms with Gasteiger partial charge in [0.15, 0.2) is 0 Å². The second-order valence-corrected chi connectivity index (χ2v) is 5.63. The average Bonchev–Trinajstić information content (AvgIpc) is 2.59. The van der Waals surface area contributed by atoms with Gasteiger partial charge in [-0.25, -0.2) is 9.80 Å². The van der Waals surface area contributed by atoms with Crippen molar-refractivity contribution < 1.29 is 4.79 Å². The summed E-state index contributed by atoms with van der Waals surface area (Å²) in [6.07, 6.45) is 14.0. The highest BCUT2D eigenvalue weighted by Gasteiger charge is 2.15. The molecule has 0 rings (SSSR count). The number of nitrogens with one attached hydrogen (secondary N) is 2. The number of carbonyl (C=O) groups is 1. The van der Waals surface area contributed by atoms with Crippen molar-refractivity contribution >= 4 is 11.7 Å². The first-order valence-electron chi connectivity index (χ1n) is 8.50. The van der Waals surface area contributed by atoms with Gasteiger partial charge in [0.05, 0.1) is 11.4 Å². The van der Waals surface area contributed by atoms with E-state index in [1.54, 1.807) is 24.3 Å². The van der Waals surface area contributed by atoms with E-state index < -0.39 is 0 Å². The van der Waals surface area contributed by atoms with Gasteiger partial charge >= 0.3 is 6.03 Å². The van der Waals surface area contributed by atoms with Crippen LogP contribution in [0.3, 0.4) is 0 Å². The third-order valence-electron chi connectivity index (χ3n) is 3.48. The summed E-state index contributed by atoms with van der Waals surface area (Å²) in [4.78, 5) is 11.4. The number of allylic oxidation sites excluding steroid dienone is 6. The van der Waals surface area contributed by atoms with E-state index in [1.807, 2.05) is 51.2 Å². The summed E-state index contributed by atoms with van der Waals surface area (Å²) in [6, 6.07) is -0.167. The summed E-state index contributed by atoms with van der Waals surface area (Å²) in [7, 11) is 1.60. The Bertz CT molecular complexity index is 558. The lowest BCUT2D eigenvalue weighted by Crippen LogP contribution is -2.40. The van der Waals surface area contributed by atoms with Gasteiger partial charge in [0.2, 0.25) is 0 Å². The van der Waals surface area contributed by atoms with Crippen LogP contribution in [0, 0.1) is 5.92 Å². The van der Waals surface area contributed by atoms with Crippen molar-refractivity contribution in [2.24, 2.45) is 11.0 Å². The molecule has 0 aliphatic heterocycles. The van der Waals surface area contributed by atoms with Crippen molar-refractivity contribution in [1.29, 1.82) is 0 Å². The van der Waals surface area contributed by atoms with Crippen molar-refractivity contribution in [3.05, 3.63) is 61.5 Å². The Labute approximate surface area is 152 Å². The lowest BCUT2D eigenvalue weighted by atomic mass is 9.97. The van der Waals surface area contributed by atoms with Gasteiger partial charge in [-0.1, -0.05) is 38.3 Å². The zero-order valence-corrected chi connectivity index (χ0v) is 16.1. The molecule has 5 nitrogen and oxygen atoms in total. The number of amides is 2. The van der Waals surface area contributed by atoms with E-state index in [4.69, 9.17) is 0 Å². The minimum absolute atomic E-state index is 0.0193.